The van der Waals surface area contributed by atoms with E-state index in [2.05, 4.69) is 15.9 Å². The Bertz CT molecular complexity index is 973. The fraction of sp³-hybridized carbons (Fsp3) is 0.190. The highest BCUT2D eigenvalue weighted by Crippen LogP contribution is 2.24. The normalized spacial score (nSPS) is 11.4. The third kappa shape index (κ3) is 3.58. The van der Waals surface area contributed by atoms with E-state index in [0.29, 0.717) is 17.6 Å². The first-order valence-corrected chi connectivity index (χ1v) is 9.37. The zero-order valence-corrected chi connectivity index (χ0v) is 16.3. The van der Waals surface area contributed by atoms with Gasteiger partial charge in [0.05, 0.1) is 9.99 Å². The summed E-state index contributed by atoms with van der Waals surface area (Å²) < 4.78 is 15.5. The number of fused-ring (bicyclic) bond motifs is 1. The van der Waals surface area contributed by atoms with Crippen LogP contribution in [0.1, 0.15) is 25.0 Å². The van der Waals surface area contributed by atoms with Gasteiger partial charge >= 0.3 is 6.03 Å². The molecule has 0 saturated heterocycles. The molecule has 0 spiro atoms. The largest absolute Gasteiger partial charge is 0.328 e. The van der Waals surface area contributed by atoms with E-state index in [1.807, 2.05) is 56.5 Å². The maximum Gasteiger partial charge on any atom is 0.328 e. The average Bonchev–Trinajstić information content (AvgIpc) is 3.08. The first-order valence-electron chi connectivity index (χ1n) is 8.57. The van der Waals surface area contributed by atoms with Crippen molar-refractivity contribution in [3.05, 3.63) is 70.1 Å². The van der Waals surface area contributed by atoms with E-state index < -0.39 is 0 Å². The summed E-state index contributed by atoms with van der Waals surface area (Å²) in [5.74, 6) is -0.289. The van der Waals surface area contributed by atoms with Crippen molar-refractivity contribution < 1.29 is 9.18 Å². The predicted molar refractivity (Wildman–Crippen MR) is 109 cm³/mol. The molecule has 0 saturated carbocycles. The fourth-order valence-electron chi connectivity index (χ4n) is 2.96. The van der Waals surface area contributed by atoms with Gasteiger partial charge in [0.2, 0.25) is 0 Å². The lowest BCUT2D eigenvalue weighted by atomic mass is 10.1. The van der Waals surface area contributed by atoms with E-state index in [4.69, 9.17) is 0 Å². The number of nitrogens with zero attached hydrogens (tertiary/aromatic N) is 2. The molecule has 0 radical (unpaired) electrons. The van der Waals surface area contributed by atoms with Crippen molar-refractivity contribution in [1.82, 2.24) is 9.47 Å². The number of carbonyl (C=O) groups excluding carboxylic acids is 1. The second-order valence-corrected chi connectivity index (χ2v) is 6.79. The first kappa shape index (κ1) is 18.4. The van der Waals surface area contributed by atoms with Gasteiger partial charge in [-0.05, 0) is 59.1 Å². The Morgan fingerprint density at radius 2 is 1.92 bits per heavy atom. The number of hydrogen-bond acceptors (Lipinski definition) is 1. The minimum atomic E-state index is -0.289. The molecule has 26 heavy (non-hydrogen) atoms. The third-order valence-corrected chi connectivity index (χ3v) is 4.99. The van der Waals surface area contributed by atoms with Crippen molar-refractivity contribution in [1.29, 1.82) is 0 Å². The highest BCUT2D eigenvalue weighted by atomic mass is 79.9. The molecule has 3 aromatic rings. The van der Waals surface area contributed by atoms with Gasteiger partial charge in [0, 0.05) is 24.7 Å². The third-order valence-electron chi connectivity index (χ3n) is 4.38. The van der Waals surface area contributed by atoms with E-state index in [0.717, 1.165) is 22.0 Å². The number of para-hydroxylation sites is 1. The molecule has 0 bridgehead atoms. The Morgan fingerprint density at radius 3 is 2.62 bits per heavy atom. The van der Waals surface area contributed by atoms with Crippen LogP contribution in [0.2, 0.25) is 0 Å². The van der Waals surface area contributed by atoms with Crippen LogP contribution in [-0.2, 0) is 0 Å². The molecule has 0 aliphatic rings. The number of benzene rings is 2. The molecule has 0 N–H and O–H groups in total. The van der Waals surface area contributed by atoms with Gasteiger partial charge in [-0.1, -0.05) is 36.4 Å². The molecule has 134 valence electrons. The maximum atomic E-state index is 13.4. The van der Waals surface area contributed by atoms with E-state index in [9.17, 15) is 9.18 Å². The van der Waals surface area contributed by atoms with Crippen LogP contribution in [0.5, 0.6) is 0 Å². The van der Waals surface area contributed by atoms with Gasteiger partial charge in [0.15, 0.2) is 0 Å². The number of amides is 1. The molecular formula is C21H20BrFN2O. The lowest BCUT2D eigenvalue weighted by Crippen LogP contribution is -2.33. The summed E-state index contributed by atoms with van der Waals surface area (Å²) in [6, 6.07) is 12.7. The molecule has 0 atom stereocenters. The smallest absolute Gasteiger partial charge is 0.325 e. The molecular weight excluding hydrogens is 395 g/mol. The highest BCUT2D eigenvalue weighted by Gasteiger charge is 2.15. The van der Waals surface area contributed by atoms with E-state index in [1.54, 1.807) is 21.6 Å². The minimum Gasteiger partial charge on any atom is -0.325 e. The molecule has 0 aliphatic heterocycles. The zero-order valence-electron chi connectivity index (χ0n) is 14.7. The lowest BCUT2D eigenvalue weighted by Gasteiger charge is -2.19. The van der Waals surface area contributed by atoms with Crippen LogP contribution in [0.15, 0.2) is 53.1 Å². The van der Waals surface area contributed by atoms with Gasteiger partial charge in [0.1, 0.15) is 5.82 Å². The Balaban J connectivity index is 2.03. The number of rotatable bonds is 4. The number of carbonyl (C=O) groups is 1. The summed E-state index contributed by atoms with van der Waals surface area (Å²) in [7, 11) is 0. The van der Waals surface area contributed by atoms with E-state index in [-0.39, 0.29) is 11.8 Å². The summed E-state index contributed by atoms with van der Waals surface area (Å²) in [6.07, 6.45) is 5.68. The minimum absolute atomic E-state index is 0.0321. The van der Waals surface area contributed by atoms with Gasteiger partial charge < -0.3 is 4.90 Å². The van der Waals surface area contributed by atoms with Gasteiger partial charge in [-0.3, -0.25) is 4.57 Å². The molecule has 3 nitrogen and oxygen atoms in total. The van der Waals surface area contributed by atoms with Gasteiger partial charge in [-0.25, -0.2) is 9.18 Å². The Labute approximate surface area is 160 Å². The summed E-state index contributed by atoms with van der Waals surface area (Å²) in [6.45, 7) is 5.27. The van der Waals surface area contributed by atoms with Gasteiger partial charge in [-0.15, -0.1) is 0 Å². The summed E-state index contributed by atoms with van der Waals surface area (Å²) >= 11 is 3.21. The highest BCUT2D eigenvalue weighted by molar-refractivity contribution is 9.10. The maximum absolute atomic E-state index is 13.4. The molecule has 0 unspecified atom stereocenters. The molecule has 1 heterocycles. The van der Waals surface area contributed by atoms with Crippen LogP contribution >= 0.6 is 15.9 Å². The molecule has 5 heteroatoms. The molecule has 3 rings (SSSR count). The Kier molecular flexibility index (Phi) is 5.57. The van der Waals surface area contributed by atoms with Crippen molar-refractivity contribution in [2.24, 2.45) is 0 Å². The Morgan fingerprint density at radius 1 is 1.15 bits per heavy atom. The van der Waals surface area contributed by atoms with Crippen molar-refractivity contribution in [2.75, 3.05) is 13.1 Å². The second-order valence-electron chi connectivity index (χ2n) is 5.93. The zero-order chi connectivity index (χ0) is 18.7. The summed E-state index contributed by atoms with van der Waals surface area (Å²) in [5.41, 5.74) is 2.69. The molecule has 0 fully saturated rings. The number of hydrogen-bond donors (Lipinski definition) is 0. The molecule has 0 aliphatic carbocycles. The van der Waals surface area contributed by atoms with Crippen molar-refractivity contribution in [2.45, 2.75) is 13.8 Å². The molecule has 1 aromatic heterocycles. The molecule has 2 aromatic carbocycles. The quantitative estimate of drug-likeness (QED) is 0.478. The van der Waals surface area contributed by atoms with Crippen molar-refractivity contribution in [3.8, 4) is 0 Å². The van der Waals surface area contributed by atoms with Crippen LogP contribution in [0.3, 0.4) is 0 Å². The number of aromatic nitrogens is 1. The van der Waals surface area contributed by atoms with Crippen molar-refractivity contribution >= 4 is 45.0 Å². The van der Waals surface area contributed by atoms with E-state index >= 15 is 0 Å². The van der Waals surface area contributed by atoms with Crippen LogP contribution in [0.4, 0.5) is 9.18 Å². The van der Waals surface area contributed by atoms with Crippen LogP contribution in [0.25, 0.3) is 23.1 Å². The standard InChI is InChI=1S/C21H20BrFN2O/c1-3-24(4-2)21(26)25-13-12-17-7-5-6-16(20(17)25)10-8-15-9-11-19(23)18(22)14-15/h5-14H,3-4H2,1-2H3/b10-8+. The van der Waals surface area contributed by atoms with E-state index in [1.165, 1.54) is 6.07 Å². The summed E-state index contributed by atoms with van der Waals surface area (Å²) in [5, 5.41) is 1.01. The predicted octanol–water partition coefficient (Wildman–Crippen LogP) is 6.02. The van der Waals surface area contributed by atoms with Gasteiger partial charge in [0.25, 0.3) is 0 Å². The lowest BCUT2D eigenvalue weighted by molar-refractivity contribution is 0.206. The second kappa shape index (κ2) is 7.87. The van der Waals surface area contributed by atoms with Crippen LogP contribution < -0.4 is 0 Å². The first-order chi connectivity index (χ1) is 12.5. The van der Waals surface area contributed by atoms with Gasteiger partial charge in [-0.2, -0.15) is 0 Å². The van der Waals surface area contributed by atoms with Crippen molar-refractivity contribution in [3.63, 3.8) is 0 Å². The average molecular weight is 415 g/mol. The summed E-state index contributed by atoms with van der Waals surface area (Å²) in [4.78, 5) is 14.6. The SMILES string of the molecule is CCN(CC)C(=O)n1ccc2cccc(/C=C/c3ccc(F)c(Br)c3)c21. The topological polar surface area (TPSA) is 25.2 Å². The fourth-order valence-corrected chi connectivity index (χ4v) is 3.36. The monoisotopic (exact) mass is 414 g/mol. The van der Waals surface area contributed by atoms with Crippen LogP contribution in [0, 0.1) is 5.82 Å². The molecule has 1 amide bonds. The number of halogens is 2. The van der Waals surface area contributed by atoms with Crippen LogP contribution in [-0.4, -0.2) is 28.6 Å². The Hall–Kier alpha value is -2.40.